The van der Waals surface area contributed by atoms with Gasteiger partial charge in [-0.2, -0.15) is 0 Å². The van der Waals surface area contributed by atoms with Gasteiger partial charge in [-0.15, -0.1) is 10.2 Å². The zero-order valence-electron chi connectivity index (χ0n) is 12.4. The van der Waals surface area contributed by atoms with Crippen molar-refractivity contribution in [2.45, 2.75) is 59.4 Å². The maximum absolute atomic E-state index is 5.61. The van der Waals surface area contributed by atoms with Crippen molar-refractivity contribution in [3.8, 4) is 5.19 Å². The SMILES string of the molecule is CCCCCCCOc1nnc(CNCC(C)C)s1. The smallest absolute Gasteiger partial charge is 0.294 e. The number of nitrogens with zero attached hydrogens (tertiary/aromatic N) is 2. The molecule has 0 fully saturated rings. The third-order valence-corrected chi connectivity index (χ3v) is 3.59. The molecular weight excluding hydrogens is 258 g/mol. The molecule has 1 aromatic rings. The lowest BCUT2D eigenvalue weighted by atomic mass is 10.2. The second-order valence-electron chi connectivity index (χ2n) is 5.25. The molecule has 0 aliphatic carbocycles. The van der Waals surface area contributed by atoms with Gasteiger partial charge in [0.25, 0.3) is 5.19 Å². The van der Waals surface area contributed by atoms with Crippen molar-refractivity contribution in [2.75, 3.05) is 13.2 Å². The predicted molar refractivity (Wildman–Crippen MR) is 80.7 cm³/mol. The summed E-state index contributed by atoms with van der Waals surface area (Å²) in [5, 5.41) is 13.2. The molecule has 110 valence electrons. The third kappa shape index (κ3) is 8.16. The van der Waals surface area contributed by atoms with E-state index in [1.54, 1.807) is 11.3 Å². The van der Waals surface area contributed by atoms with Crippen LogP contribution in [0.3, 0.4) is 0 Å². The Morgan fingerprint density at radius 3 is 2.68 bits per heavy atom. The highest BCUT2D eigenvalue weighted by Gasteiger charge is 2.05. The van der Waals surface area contributed by atoms with Gasteiger partial charge in [0.05, 0.1) is 6.61 Å². The Labute approximate surface area is 121 Å². The third-order valence-electron chi connectivity index (χ3n) is 2.75. The summed E-state index contributed by atoms with van der Waals surface area (Å²) in [5.41, 5.74) is 0. The van der Waals surface area contributed by atoms with E-state index < -0.39 is 0 Å². The Morgan fingerprint density at radius 1 is 1.16 bits per heavy atom. The lowest BCUT2D eigenvalue weighted by molar-refractivity contribution is 0.300. The van der Waals surface area contributed by atoms with Crippen LogP contribution in [0.15, 0.2) is 0 Å². The van der Waals surface area contributed by atoms with Crippen LogP contribution in [0.5, 0.6) is 5.19 Å². The summed E-state index contributed by atoms with van der Waals surface area (Å²) < 4.78 is 5.61. The first-order valence-corrected chi connectivity index (χ1v) is 8.20. The minimum atomic E-state index is 0.659. The highest BCUT2D eigenvalue weighted by atomic mass is 32.1. The van der Waals surface area contributed by atoms with Crippen LogP contribution < -0.4 is 10.1 Å². The first-order chi connectivity index (χ1) is 9.22. The van der Waals surface area contributed by atoms with Gasteiger partial charge in [-0.25, -0.2) is 0 Å². The zero-order valence-corrected chi connectivity index (χ0v) is 13.3. The Morgan fingerprint density at radius 2 is 1.95 bits per heavy atom. The number of aromatic nitrogens is 2. The van der Waals surface area contributed by atoms with Crippen LogP contribution in [-0.2, 0) is 6.54 Å². The van der Waals surface area contributed by atoms with Crippen LogP contribution in [0.4, 0.5) is 0 Å². The Balaban J connectivity index is 2.09. The molecule has 1 rings (SSSR count). The van der Waals surface area contributed by atoms with E-state index in [9.17, 15) is 0 Å². The van der Waals surface area contributed by atoms with E-state index in [0.29, 0.717) is 11.1 Å². The molecule has 0 unspecified atom stereocenters. The van der Waals surface area contributed by atoms with Gasteiger partial charge in [-0.3, -0.25) is 0 Å². The average Bonchev–Trinajstić information content (AvgIpc) is 2.81. The molecule has 0 amide bonds. The Hall–Kier alpha value is -0.680. The standard InChI is InChI=1S/C14H27N3OS/c1-4-5-6-7-8-9-18-14-17-16-13(19-14)11-15-10-12(2)3/h12,15H,4-11H2,1-3H3. The summed E-state index contributed by atoms with van der Waals surface area (Å²) in [6, 6.07) is 0. The predicted octanol–water partition coefficient (Wildman–Crippen LogP) is 3.63. The normalized spacial score (nSPS) is 11.2. The van der Waals surface area contributed by atoms with Gasteiger partial charge in [-0.05, 0) is 18.9 Å². The summed E-state index contributed by atoms with van der Waals surface area (Å²) in [6.45, 7) is 9.17. The highest BCUT2D eigenvalue weighted by molar-refractivity contribution is 7.13. The number of ether oxygens (including phenoxy) is 1. The van der Waals surface area contributed by atoms with E-state index in [0.717, 1.165) is 31.1 Å². The maximum atomic E-state index is 5.61. The summed E-state index contributed by atoms with van der Waals surface area (Å²) in [7, 11) is 0. The summed E-state index contributed by atoms with van der Waals surface area (Å²) in [5.74, 6) is 0.659. The molecule has 0 bridgehead atoms. The van der Waals surface area contributed by atoms with Crippen molar-refractivity contribution in [3.63, 3.8) is 0 Å². The lowest BCUT2D eigenvalue weighted by Gasteiger charge is -2.04. The molecule has 1 N–H and O–H groups in total. The molecule has 19 heavy (non-hydrogen) atoms. The van der Waals surface area contributed by atoms with Crippen LogP contribution in [0.2, 0.25) is 0 Å². The topological polar surface area (TPSA) is 47.0 Å². The fourth-order valence-electron chi connectivity index (χ4n) is 1.70. The summed E-state index contributed by atoms with van der Waals surface area (Å²) in [6.07, 6.45) is 6.27. The number of unbranched alkanes of at least 4 members (excludes halogenated alkanes) is 4. The van der Waals surface area contributed by atoms with Gasteiger partial charge in [-0.1, -0.05) is 57.8 Å². The quantitative estimate of drug-likeness (QED) is 0.631. The largest absolute Gasteiger partial charge is 0.469 e. The number of hydrogen-bond acceptors (Lipinski definition) is 5. The fraction of sp³-hybridized carbons (Fsp3) is 0.857. The fourth-order valence-corrected chi connectivity index (χ4v) is 2.38. The van der Waals surface area contributed by atoms with Gasteiger partial charge in [0.15, 0.2) is 0 Å². The molecule has 0 atom stereocenters. The minimum Gasteiger partial charge on any atom is -0.469 e. The van der Waals surface area contributed by atoms with Crippen LogP contribution in [0.1, 0.15) is 57.9 Å². The second kappa shape index (κ2) is 10.1. The number of hydrogen-bond donors (Lipinski definition) is 1. The first kappa shape index (κ1) is 16.4. The van der Waals surface area contributed by atoms with E-state index in [2.05, 4.69) is 36.3 Å². The first-order valence-electron chi connectivity index (χ1n) is 7.38. The van der Waals surface area contributed by atoms with E-state index in [4.69, 9.17) is 4.74 Å². The van der Waals surface area contributed by atoms with Crippen molar-refractivity contribution in [1.29, 1.82) is 0 Å². The molecule has 5 heteroatoms. The molecule has 0 radical (unpaired) electrons. The molecule has 1 heterocycles. The van der Waals surface area contributed by atoms with E-state index in [1.165, 1.54) is 25.7 Å². The van der Waals surface area contributed by atoms with E-state index >= 15 is 0 Å². The molecule has 0 spiro atoms. The summed E-state index contributed by atoms with van der Waals surface area (Å²) in [4.78, 5) is 0. The molecule has 4 nitrogen and oxygen atoms in total. The Kier molecular flexibility index (Phi) is 8.75. The molecule has 0 saturated heterocycles. The van der Waals surface area contributed by atoms with Crippen LogP contribution in [-0.4, -0.2) is 23.3 Å². The molecule has 0 saturated carbocycles. The van der Waals surface area contributed by atoms with Gasteiger partial charge in [0.1, 0.15) is 5.01 Å². The molecule has 0 aliphatic rings. The molecular formula is C14H27N3OS. The van der Waals surface area contributed by atoms with Crippen LogP contribution in [0, 0.1) is 5.92 Å². The molecule has 1 aromatic heterocycles. The molecule has 0 aliphatic heterocycles. The average molecular weight is 285 g/mol. The van der Waals surface area contributed by atoms with Gasteiger partial charge in [0, 0.05) is 6.54 Å². The monoisotopic (exact) mass is 285 g/mol. The Bertz CT molecular complexity index is 328. The lowest BCUT2D eigenvalue weighted by Crippen LogP contribution is -2.18. The summed E-state index contributed by atoms with van der Waals surface area (Å²) >= 11 is 1.55. The van der Waals surface area contributed by atoms with Gasteiger partial charge in [0.2, 0.25) is 0 Å². The molecule has 0 aromatic carbocycles. The van der Waals surface area contributed by atoms with Crippen molar-refractivity contribution in [3.05, 3.63) is 5.01 Å². The highest BCUT2D eigenvalue weighted by Crippen LogP contribution is 2.18. The van der Waals surface area contributed by atoms with Crippen molar-refractivity contribution < 1.29 is 4.74 Å². The number of rotatable bonds is 11. The van der Waals surface area contributed by atoms with Crippen molar-refractivity contribution in [2.24, 2.45) is 5.92 Å². The minimum absolute atomic E-state index is 0.659. The van der Waals surface area contributed by atoms with Crippen molar-refractivity contribution in [1.82, 2.24) is 15.5 Å². The van der Waals surface area contributed by atoms with Gasteiger partial charge < -0.3 is 10.1 Å². The van der Waals surface area contributed by atoms with Gasteiger partial charge >= 0.3 is 0 Å². The van der Waals surface area contributed by atoms with Crippen molar-refractivity contribution >= 4 is 11.3 Å². The van der Waals surface area contributed by atoms with E-state index in [1.807, 2.05) is 0 Å². The maximum Gasteiger partial charge on any atom is 0.294 e. The number of nitrogens with one attached hydrogen (secondary N) is 1. The van der Waals surface area contributed by atoms with Crippen LogP contribution in [0.25, 0.3) is 0 Å². The zero-order chi connectivity index (χ0) is 13.9. The van der Waals surface area contributed by atoms with Crippen LogP contribution >= 0.6 is 11.3 Å². The second-order valence-corrected chi connectivity index (χ2v) is 6.27. The van der Waals surface area contributed by atoms with E-state index in [-0.39, 0.29) is 0 Å².